The molecule has 0 unspecified atom stereocenters. The first-order valence-electron chi connectivity index (χ1n) is 42.6. The van der Waals surface area contributed by atoms with Crippen molar-refractivity contribution in [2.75, 3.05) is 131 Å². The summed E-state index contributed by atoms with van der Waals surface area (Å²) in [5, 5.41) is 13.2. The van der Waals surface area contributed by atoms with Crippen LogP contribution >= 0.6 is 126 Å². The van der Waals surface area contributed by atoms with Crippen molar-refractivity contribution in [2.45, 2.75) is 231 Å². The lowest BCUT2D eigenvalue weighted by Gasteiger charge is -2.37. The van der Waals surface area contributed by atoms with Gasteiger partial charge in [0.2, 0.25) is 11.9 Å². The van der Waals surface area contributed by atoms with Gasteiger partial charge < -0.3 is 82.0 Å². The minimum absolute atomic E-state index is 0.0424. The molecular formula is C87H125BBr5Cl4N25O7. The van der Waals surface area contributed by atoms with E-state index in [-0.39, 0.29) is 15.8 Å². The fourth-order valence-electron chi connectivity index (χ4n) is 13.6. The van der Waals surface area contributed by atoms with Crippen LogP contribution in [0.15, 0.2) is 84.2 Å². The van der Waals surface area contributed by atoms with E-state index in [2.05, 4.69) is 244 Å². The number of anilines is 11. The van der Waals surface area contributed by atoms with E-state index in [0.717, 1.165) is 124 Å². The molecule has 6 aliphatic heterocycles. The molecular weight excluding hydrogens is 2060 g/mol. The van der Waals surface area contributed by atoms with Gasteiger partial charge in [0.25, 0.3) is 0 Å². The number of ether oxygens (including phenoxy) is 3. The maximum atomic E-state index is 12.9. The van der Waals surface area contributed by atoms with Crippen molar-refractivity contribution in [3.8, 4) is 17.0 Å². The third kappa shape index (κ3) is 31.8. The Hall–Kier alpha value is -7.11. The van der Waals surface area contributed by atoms with Gasteiger partial charge in [-0.3, -0.25) is 4.98 Å². The lowest BCUT2D eigenvalue weighted by atomic mass is 9.79. The SMILES string of the molecule is CC1(C)CCN(c2cnc(Br)c(N(C(=O)OC(C)(C)C)C(=O)OC(C)(C)C)n2)CC1.CC1(C)CCN(c2cnc(Br)c(N)n2)CC1.CC1(C)CCN(c2ncc(Br)c(N)n2)CC1.CC1(C)CCN(c2nnc(Br)c(N)n2)CC1.COc1cc(Cl)c(Cl)c(B2OC(C)(C)C(C)(C)O2)c1.C[C@@H]1CN(c2cnc(Br)c(N)n2)C[C@H](C)N1.Cc1cnc(-c2cccc(Cl)c2Cl)c(N)n1. The van der Waals surface area contributed by atoms with Crippen LogP contribution in [-0.4, -0.2) is 191 Å². The summed E-state index contributed by atoms with van der Waals surface area (Å²) in [6.07, 6.45) is 15.8. The number of nitrogens with one attached hydrogen (secondary N) is 1. The molecule has 706 valence electrons. The second-order valence-electron chi connectivity index (χ2n) is 38.6. The minimum Gasteiger partial charge on any atom is -0.497 e. The van der Waals surface area contributed by atoms with Gasteiger partial charge in [-0.05, 0) is 255 Å². The molecule has 0 aliphatic carbocycles. The highest BCUT2D eigenvalue weighted by atomic mass is 79.9. The average Bonchev–Trinajstić information content (AvgIpc) is 1.62. The monoisotopic (exact) mass is 2180 g/mol. The largest absolute Gasteiger partial charge is 0.497 e. The second kappa shape index (κ2) is 45.3. The first kappa shape index (κ1) is 107. The molecule has 0 saturated carbocycles. The number of halogens is 9. The lowest BCUT2D eigenvalue weighted by Crippen LogP contribution is -2.54. The number of nitrogens with two attached hydrogens (primary N) is 5. The summed E-state index contributed by atoms with van der Waals surface area (Å²) in [5.74, 6) is 6.54. The number of nitrogens with zero attached hydrogens (tertiary/aromatic N) is 19. The first-order valence-corrected chi connectivity index (χ1v) is 48.0. The third-order valence-electron chi connectivity index (χ3n) is 22.4. The molecule has 6 fully saturated rings. The number of methoxy groups -OCH3 is 1. The molecule has 32 nitrogen and oxygen atoms in total. The van der Waals surface area contributed by atoms with E-state index in [0.29, 0.717) is 126 Å². The van der Waals surface area contributed by atoms with Crippen LogP contribution in [0, 0.1) is 28.6 Å². The van der Waals surface area contributed by atoms with Crippen molar-refractivity contribution >= 4 is 215 Å². The number of hydrogen-bond donors (Lipinski definition) is 6. The molecule has 0 bridgehead atoms. The average molecular weight is 2190 g/mol. The molecule has 0 radical (unpaired) electrons. The number of carbonyl (C=O) groups is 2. The Morgan fingerprint density at radius 1 is 0.488 bits per heavy atom. The second-order valence-corrected chi connectivity index (χ2v) is 44.0. The van der Waals surface area contributed by atoms with Crippen molar-refractivity contribution in [1.29, 1.82) is 0 Å². The summed E-state index contributed by atoms with van der Waals surface area (Å²) >= 11 is 40.7. The molecule has 11 N–H and O–H groups in total. The molecule has 12 heterocycles. The third-order valence-corrected chi connectivity index (χ3v) is 27.0. The molecule has 2 aromatic carbocycles. The van der Waals surface area contributed by atoms with Crippen LogP contribution in [0.25, 0.3) is 11.3 Å². The van der Waals surface area contributed by atoms with Gasteiger partial charge in [-0.25, -0.2) is 49.5 Å². The zero-order valence-corrected chi connectivity index (χ0v) is 88.8. The fraction of sp³-hybridized carbons (Fsp3) is 0.575. The van der Waals surface area contributed by atoms with Crippen LogP contribution in [0.4, 0.5) is 73.8 Å². The molecule has 6 saturated heterocycles. The van der Waals surface area contributed by atoms with Crippen molar-refractivity contribution in [1.82, 2.24) is 70.3 Å². The number of aryl methyl sites for hydroxylation is 1. The zero-order chi connectivity index (χ0) is 96.0. The predicted molar refractivity (Wildman–Crippen MR) is 540 cm³/mol. The van der Waals surface area contributed by atoms with Crippen LogP contribution in [0.2, 0.25) is 20.1 Å². The highest BCUT2D eigenvalue weighted by molar-refractivity contribution is 9.11. The topological polar surface area (TPSA) is 409 Å². The van der Waals surface area contributed by atoms with Crippen LogP contribution in [-0.2, 0) is 18.8 Å². The summed E-state index contributed by atoms with van der Waals surface area (Å²) in [6.45, 7) is 52.3. The first-order chi connectivity index (χ1) is 59.8. The predicted octanol–water partition coefficient (Wildman–Crippen LogP) is 19.9. The lowest BCUT2D eigenvalue weighted by molar-refractivity contribution is 0.00578. The van der Waals surface area contributed by atoms with Crippen molar-refractivity contribution in [3.05, 3.63) is 110 Å². The number of amides is 2. The molecule has 129 heavy (non-hydrogen) atoms. The number of aromatic nitrogens is 13. The Morgan fingerprint density at radius 3 is 1.33 bits per heavy atom. The van der Waals surface area contributed by atoms with Crippen LogP contribution < -0.4 is 73.6 Å². The molecule has 6 aliphatic rings. The highest BCUT2D eigenvalue weighted by Gasteiger charge is 2.53. The molecule has 2 atom stereocenters. The molecule has 2 amide bonds. The van der Waals surface area contributed by atoms with Crippen LogP contribution in [0.1, 0.15) is 196 Å². The van der Waals surface area contributed by atoms with Crippen molar-refractivity contribution < 1.29 is 33.1 Å². The van der Waals surface area contributed by atoms with Crippen LogP contribution in [0.5, 0.6) is 5.75 Å². The van der Waals surface area contributed by atoms with E-state index < -0.39 is 41.7 Å². The van der Waals surface area contributed by atoms with E-state index in [1.54, 1.807) is 104 Å². The summed E-state index contributed by atoms with van der Waals surface area (Å²) in [6, 6.07) is 9.68. The Morgan fingerprint density at radius 2 is 0.907 bits per heavy atom. The standard InChI is InChI=1S/C21H33BrN4O4.C13H17BCl2O3.2C11H17BrN4.C11H9Cl2N3.2C10H16BrN5/c1-19(2,3)29-17(27)26(18(28)30-20(4,5)6)16-15(22)23-13-14(24-16)25-11-9-21(7,8)10-12-25;1-12(2)13(3,4)19-14(18-12)9-6-8(17-5)7-10(15)11(9)16;1-11(2)3-5-16(6-4-11)8-7-14-9(12)10(13)15-8;1-11(2)3-5-16(6-4-11)10-14-7-8(12)9(13)15-10;1-6-5-15-10(11(14)16-6)7-3-2-4-8(12)9(7)13;1-6-4-16(5-7(2)14-6)8-3-13-9(11)10(12)15-8;1-10(2)3-5-16(6-4-10)9-13-8(12)7(11)14-15-9/h13H,9-12H2,1-8H3;6-7H,1-5H3;7H,3-6H2,1-2H3,(H2,13,15);7H,3-6H2,1-2H3,(H2,13,14,15);2-5H,1H3,(H2,14,16);3,6-7,14H,4-5H2,1-2H3,(H2,12,15);3-6H2,1-2H3,(H2,12,13,15)/t;;;;;6-,7+;. The van der Waals surface area contributed by atoms with E-state index in [1.807, 2.05) is 40.7 Å². The number of benzene rings is 2. The fourth-order valence-corrected chi connectivity index (χ4v) is 15.5. The maximum Gasteiger partial charge on any atom is 0.496 e. The quantitative estimate of drug-likeness (QED) is 0.0731. The normalized spacial score (nSPS) is 18.8. The molecule has 0 spiro atoms. The summed E-state index contributed by atoms with van der Waals surface area (Å²) in [7, 11) is 1.03. The maximum absolute atomic E-state index is 12.9. The molecule has 8 aromatic rings. The minimum atomic E-state index is -0.872. The zero-order valence-electron chi connectivity index (χ0n) is 77.9. The van der Waals surface area contributed by atoms with E-state index >= 15 is 0 Å². The molecule has 14 rings (SSSR count). The van der Waals surface area contributed by atoms with Crippen LogP contribution in [0.3, 0.4) is 0 Å². The Bertz CT molecular complexity index is 4890. The highest BCUT2D eigenvalue weighted by Crippen LogP contribution is 2.42. The Kier molecular flexibility index (Phi) is 37.6. The van der Waals surface area contributed by atoms with Crippen molar-refractivity contribution in [2.24, 2.45) is 21.7 Å². The van der Waals surface area contributed by atoms with Gasteiger partial charge in [0.05, 0.1) is 67.2 Å². The number of nitrogen functional groups attached to an aromatic ring is 5. The van der Waals surface area contributed by atoms with Gasteiger partial charge in [0.1, 0.15) is 65.5 Å². The van der Waals surface area contributed by atoms with Gasteiger partial charge in [-0.15, -0.1) is 10.2 Å². The number of imide groups is 1. The van der Waals surface area contributed by atoms with Gasteiger partial charge in [-0.2, -0.15) is 14.9 Å². The van der Waals surface area contributed by atoms with Gasteiger partial charge >= 0.3 is 19.3 Å². The van der Waals surface area contributed by atoms with E-state index in [1.165, 1.54) is 25.7 Å². The summed E-state index contributed by atoms with van der Waals surface area (Å²) in [5.41, 5.74) is 30.6. The number of rotatable bonds is 9. The number of carbonyl (C=O) groups excluding carboxylic acids is 2. The Labute approximate surface area is 822 Å². The molecule has 6 aromatic heterocycles. The number of piperidine rings is 4. The van der Waals surface area contributed by atoms with Gasteiger partial charge in [-0.1, -0.05) is 114 Å². The number of piperazine rings is 1. The van der Waals surface area contributed by atoms with Gasteiger partial charge in [0.15, 0.2) is 27.9 Å². The van der Waals surface area contributed by atoms with E-state index in [4.69, 9.17) is 98.6 Å². The Balaban J connectivity index is 0.000000188. The molecule has 42 heteroatoms. The van der Waals surface area contributed by atoms with E-state index in [9.17, 15) is 9.59 Å². The van der Waals surface area contributed by atoms with Gasteiger partial charge in [0, 0.05) is 107 Å². The smallest absolute Gasteiger partial charge is 0.496 e. The summed E-state index contributed by atoms with van der Waals surface area (Å²) in [4.78, 5) is 84.6. The van der Waals surface area contributed by atoms with Crippen molar-refractivity contribution in [3.63, 3.8) is 0 Å². The number of hydrogen-bond acceptors (Lipinski definition) is 31. The summed E-state index contributed by atoms with van der Waals surface area (Å²) < 4.78 is 30.8.